The van der Waals surface area contributed by atoms with E-state index in [0.717, 1.165) is 5.56 Å². The Morgan fingerprint density at radius 2 is 1.62 bits per heavy atom. The molecule has 1 heterocycles. The monoisotopic (exact) mass is 602 g/mol. The molecule has 0 radical (unpaired) electrons. The molecule has 0 N–H and O–H groups in total. The summed E-state index contributed by atoms with van der Waals surface area (Å²) in [6.45, 7) is 6.04. The summed E-state index contributed by atoms with van der Waals surface area (Å²) in [5, 5.41) is 5.14. The number of esters is 1. The first-order valence-electron chi connectivity index (χ1n) is 12.4. The van der Waals surface area contributed by atoms with Gasteiger partial charge in [-0.25, -0.2) is 13.2 Å². The van der Waals surface area contributed by atoms with Gasteiger partial charge in [0.1, 0.15) is 23.8 Å². The Hall–Kier alpha value is -3.53. The lowest BCUT2D eigenvalue weighted by atomic mass is 10.0. The number of halogens is 2. The SMILES string of the molecule is CCN(c1ccc(OCc2c(-c3c(Cl)cccc3Cl)noc2C(C)C)cc1)S(=O)(=O)c1ccc(C(=O)OC)cc1. The number of methoxy groups -OCH3 is 1. The summed E-state index contributed by atoms with van der Waals surface area (Å²) in [4.78, 5) is 11.8. The van der Waals surface area contributed by atoms with Crippen LogP contribution in [-0.2, 0) is 21.4 Å². The van der Waals surface area contributed by atoms with E-state index in [9.17, 15) is 13.2 Å². The first-order valence-corrected chi connectivity index (χ1v) is 14.6. The van der Waals surface area contributed by atoms with E-state index < -0.39 is 16.0 Å². The van der Waals surface area contributed by atoms with E-state index in [4.69, 9.17) is 32.5 Å². The second kappa shape index (κ2) is 12.3. The van der Waals surface area contributed by atoms with Gasteiger partial charge in [-0.15, -0.1) is 0 Å². The minimum absolute atomic E-state index is 0.0356. The van der Waals surface area contributed by atoms with Crippen LogP contribution in [0.2, 0.25) is 10.0 Å². The van der Waals surface area contributed by atoms with Crippen LogP contribution in [0.4, 0.5) is 5.69 Å². The van der Waals surface area contributed by atoms with Gasteiger partial charge in [0.05, 0.1) is 38.9 Å². The highest BCUT2D eigenvalue weighted by Gasteiger charge is 2.25. The minimum atomic E-state index is -3.88. The maximum absolute atomic E-state index is 13.3. The number of ether oxygens (including phenoxy) is 2. The first-order chi connectivity index (χ1) is 19.1. The molecule has 0 fully saturated rings. The second-order valence-electron chi connectivity index (χ2n) is 9.09. The molecule has 4 aromatic rings. The summed E-state index contributed by atoms with van der Waals surface area (Å²) in [6, 6.07) is 17.6. The molecule has 0 aliphatic rings. The second-order valence-corrected chi connectivity index (χ2v) is 11.8. The molecule has 0 atom stereocenters. The molecule has 4 rings (SSSR count). The Morgan fingerprint density at radius 1 is 1.00 bits per heavy atom. The molecule has 40 heavy (non-hydrogen) atoms. The summed E-state index contributed by atoms with van der Waals surface area (Å²) in [5.41, 5.74) is 2.53. The molecule has 11 heteroatoms. The Kier molecular flexibility index (Phi) is 9.08. The van der Waals surface area contributed by atoms with Crippen LogP contribution in [-0.4, -0.2) is 33.2 Å². The van der Waals surface area contributed by atoms with Gasteiger partial charge in [-0.2, -0.15) is 0 Å². The number of rotatable bonds is 10. The van der Waals surface area contributed by atoms with Gasteiger partial charge < -0.3 is 14.0 Å². The van der Waals surface area contributed by atoms with Crippen LogP contribution in [0.25, 0.3) is 11.3 Å². The fraction of sp³-hybridized carbons (Fsp3) is 0.241. The summed E-state index contributed by atoms with van der Waals surface area (Å²) < 4.78 is 44.4. The summed E-state index contributed by atoms with van der Waals surface area (Å²) in [7, 11) is -2.61. The summed E-state index contributed by atoms with van der Waals surface area (Å²) in [6.07, 6.45) is 0. The fourth-order valence-corrected chi connectivity index (χ4v) is 6.25. The molecule has 210 valence electrons. The van der Waals surface area contributed by atoms with Crippen LogP contribution in [0.1, 0.15) is 48.4 Å². The van der Waals surface area contributed by atoms with E-state index in [-0.39, 0.29) is 29.5 Å². The molecule has 0 unspecified atom stereocenters. The highest BCUT2D eigenvalue weighted by atomic mass is 35.5. The topological polar surface area (TPSA) is 98.9 Å². The zero-order valence-electron chi connectivity index (χ0n) is 22.4. The predicted molar refractivity (Wildman–Crippen MR) is 155 cm³/mol. The maximum atomic E-state index is 13.3. The lowest BCUT2D eigenvalue weighted by Gasteiger charge is -2.23. The number of sulfonamides is 1. The molecule has 0 aliphatic heterocycles. The molecule has 0 saturated carbocycles. The first kappa shape index (κ1) is 29.5. The molecule has 3 aromatic carbocycles. The third-order valence-corrected chi connectivity index (χ3v) is 8.75. The fourth-order valence-electron chi connectivity index (χ4n) is 4.20. The van der Waals surface area contributed by atoms with Crippen molar-refractivity contribution in [3.05, 3.63) is 93.7 Å². The number of carbonyl (C=O) groups excluding carboxylic acids is 1. The quantitative estimate of drug-likeness (QED) is 0.175. The van der Waals surface area contributed by atoms with Crippen LogP contribution in [0.3, 0.4) is 0 Å². The molecule has 0 bridgehead atoms. The van der Waals surface area contributed by atoms with Gasteiger partial charge in [0.2, 0.25) is 0 Å². The van der Waals surface area contributed by atoms with Crippen LogP contribution < -0.4 is 9.04 Å². The van der Waals surface area contributed by atoms with Gasteiger partial charge >= 0.3 is 5.97 Å². The van der Waals surface area contributed by atoms with Crippen molar-refractivity contribution in [1.29, 1.82) is 0 Å². The van der Waals surface area contributed by atoms with Gasteiger partial charge in [0, 0.05) is 18.0 Å². The molecular weight excluding hydrogens is 575 g/mol. The molecular formula is C29H28Cl2N2O6S. The highest BCUT2D eigenvalue weighted by molar-refractivity contribution is 7.92. The van der Waals surface area contributed by atoms with Crippen molar-refractivity contribution in [1.82, 2.24) is 5.16 Å². The third-order valence-electron chi connectivity index (χ3n) is 6.20. The number of hydrogen-bond donors (Lipinski definition) is 0. The van der Waals surface area contributed by atoms with Gasteiger partial charge in [-0.1, -0.05) is 48.3 Å². The molecule has 0 amide bonds. The van der Waals surface area contributed by atoms with Crippen molar-refractivity contribution < 1.29 is 27.2 Å². The smallest absolute Gasteiger partial charge is 0.337 e. The lowest BCUT2D eigenvalue weighted by molar-refractivity contribution is 0.0600. The normalized spacial score (nSPS) is 11.5. The number of carbonyl (C=O) groups is 1. The zero-order chi connectivity index (χ0) is 29.0. The van der Waals surface area contributed by atoms with Crippen molar-refractivity contribution in [2.45, 2.75) is 38.2 Å². The van der Waals surface area contributed by atoms with Crippen LogP contribution in [0.15, 0.2) is 76.1 Å². The van der Waals surface area contributed by atoms with Crippen molar-refractivity contribution in [3.8, 4) is 17.0 Å². The Balaban J connectivity index is 1.56. The molecule has 0 saturated heterocycles. The van der Waals surface area contributed by atoms with E-state index in [1.54, 1.807) is 49.4 Å². The van der Waals surface area contributed by atoms with Gasteiger partial charge in [0.25, 0.3) is 10.0 Å². The number of aromatic nitrogens is 1. The number of nitrogens with zero attached hydrogens (tertiary/aromatic N) is 2. The van der Waals surface area contributed by atoms with E-state index >= 15 is 0 Å². The summed E-state index contributed by atoms with van der Waals surface area (Å²) in [5.74, 6) is 0.671. The van der Waals surface area contributed by atoms with Crippen molar-refractivity contribution >= 4 is 44.9 Å². The van der Waals surface area contributed by atoms with E-state index in [2.05, 4.69) is 9.89 Å². The van der Waals surface area contributed by atoms with Gasteiger partial charge in [0.15, 0.2) is 0 Å². The lowest BCUT2D eigenvalue weighted by Crippen LogP contribution is -2.30. The third kappa shape index (κ3) is 5.96. The minimum Gasteiger partial charge on any atom is -0.489 e. The average molecular weight is 604 g/mol. The molecule has 0 spiro atoms. The van der Waals surface area contributed by atoms with Crippen LogP contribution >= 0.6 is 23.2 Å². The average Bonchev–Trinajstić information content (AvgIpc) is 3.36. The van der Waals surface area contributed by atoms with Crippen molar-refractivity contribution in [2.75, 3.05) is 18.0 Å². The van der Waals surface area contributed by atoms with Crippen molar-refractivity contribution in [3.63, 3.8) is 0 Å². The Labute approximate surface area is 243 Å². The van der Waals surface area contributed by atoms with E-state index in [1.807, 2.05) is 13.8 Å². The van der Waals surface area contributed by atoms with Gasteiger partial charge in [-0.05, 0) is 67.6 Å². The molecule has 8 nitrogen and oxygen atoms in total. The Morgan fingerprint density at radius 3 is 2.17 bits per heavy atom. The van der Waals surface area contributed by atoms with Crippen LogP contribution in [0, 0.1) is 0 Å². The van der Waals surface area contributed by atoms with E-state index in [1.165, 1.54) is 35.7 Å². The highest BCUT2D eigenvalue weighted by Crippen LogP contribution is 2.39. The standard InChI is InChI=1S/C29H28Cl2N2O6S/c1-5-33(40(35,36)22-15-9-19(10-16-22)29(34)37-4)20-11-13-21(14-12-20)38-17-23-27(32-39-28(23)18(2)3)26-24(30)7-6-8-25(26)31/h6-16,18H,5,17H2,1-4H3. The van der Waals surface area contributed by atoms with Gasteiger partial charge in [-0.3, -0.25) is 4.31 Å². The molecule has 1 aromatic heterocycles. The molecule has 0 aliphatic carbocycles. The maximum Gasteiger partial charge on any atom is 0.337 e. The number of benzene rings is 3. The van der Waals surface area contributed by atoms with Crippen molar-refractivity contribution in [2.24, 2.45) is 0 Å². The zero-order valence-corrected chi connectivity index (χ0v) is 24.7. The predicted octanol–water partition coefficient (Wildman–Crippen LogP) is 7.35. The number of anilines is 1. The summed E-state index contributed by atoms with van der Waals surface area (Å²) >= 11 is 12.9. The van der Waals surface area contributed by atoms with E-state index in [0.29, 0.717) is 38.5 Å². The Bertz CT molecular complexity index is 1580. The number of hydrogen-bond acceptors (Lipinski definition) is 7. The van der Waals surface area contributed by atoms with Crippen LogP contribution in [0.5, 0.6) is 5.75 Å². The largest absolute Gasteiger partial charge is 0.489 e.